The SMILES string of the molecule is CCC(C)(C)NC(=O)c1ccc(NCC(=O)N(C)CC(=O)Nc2ccccc2Cl)cc1Cl. The van der Waals surface area contributed by atoms with E-state index in [0.29, 0.717) is 22.0 Å². The molecule has 2 rings (SSSR count). The molecule has 0 aromatic heterocycles. The topological polar surface area (TPSA) is 90.5 Å². The molecule has 0 aliphatic carbocycles. The van der Waals surface area contributed by atoms with Gasteiger partial charge in [-0.1, -0.05) is 42.3 Å². The summed E-state index contributed by atoms with van der Waals surface area (Å²) >= 11 is 12.3. The van der Waals surface area contributed by atoms with Gasteiger partial charge in [-0.25, -0.2) is 0 Å². The molecule has 32 heavy (non-hydrogen) atoms. The largest absolute Gasteiger partial charge is 0.376 e. The molecule has 0 spiro atoms. The fraction of sp³-hybridized carbons (Fsp3) is 0.348. The van der Waals surface area contributed by atoms with Gasteiger partial charge in [-0.2, -0.15) is 0 Å². The van der Waals surface area contributed by atoms with Crippen molar-refractivity contribution >= 4 is 52.3 Å². The molecule has 172 valence electrons. The normalized spacial score (nSPS) is 10.9. The van der Waals surface area contributed by atoms with Crippen molar-refractivity contribution in [3.8, 4) is 0 Å². The zero-order chi connectivity index (χ0) is 23.9. The third-order valence-electron chi connectivity index (χ3n) is 4.95. The van der Waals surface area contributed by atoms with Gasteiger partial charge in [-0.15, -0.1) is 0 Å². The Labute approximate surface area is 198 Å². The number of halogens is 2. The molecular formula is C23H28Cl2N4O3. The van der Waals surface area contributed by atoms with Crippen LogP contribution in [0, 0.1) is 0 Å². The average molecular weight is 479 g/mol. The lowest BCUT2D eigenvalue weighted by atomic mass is 10.0. The molecule has 0 aliphatic heterocycles. The van der Waals surface area contributed by atoms with Gasteiger partial charge in [-0.05, 0) is 50.6 Å². The van der Waals surface area contributed by atoms with E-state index in [9.17, 15) is 14.4 Å². The smallest absolute Gasteiger partial charge is 0.253 e. The number of para-hydroxylation sites is 1. The van der Waals surface area contributed by atoms with E-state index in [2.05, 4.69) is 16.0 Å². The van der Waals surface area contributed by atoms with Gasteiger partial charge in [0.2, 0.25) is 11.8 Å². The van der Waals surface area contributed by atoms with E-state index in [-0.39, 0.29) is 41.4 Å². The summed E-state index contributed by atoms with van der Waals surface area (Å²) in [7, 11) is 1.53. The van der Waals surface area contributed by atoms with Gasteiger partial charge in [0.15, 0.2) is 0 Å². The van der Waals surface area contributed by atoms with E-state index in [1.807, 2.05) is 20.8 Å². The van der Waals surface area contributed by atoms with Crippen molar-refractivity contribution in [1.29, 1.82) is 0 Å². The predicted octanol–water partition coefficient (Wildman–Crippen LogP) is 4.42. The van der Waals surface area contributed by atoms with Gasteiger partial charge >= 0.3 is 0 Å². The van der Waals surface area contributed by atoms with Gasteiger partial charge in [0.25, 0.3) is 5.91 Å². The first-order chi connectivity index (χ1) is 15.0. The van der Waals surface area contributed by atoms with Gasteiger partial charge in [0.1, 0.15) is 0 Å². The summed E-state index contributed by atoms with van der Waals surface area (Å²) in [5.74, 6) is -0.905. The molecule has 2 aromatic carbocycles. The lowest BCUT2D eigenvalue weighted by Crippen LogP contribution is -2.42. The highest BCUT2D eigenvalue weighted by Crippen LogP contribution is 2.22. The number of rotatable bonds is 9. The summed E-state index contributed by atoms with van der Waals surface area (Å²) in [6, 6.07) is 11.7. The maximum Gasteiger partial charge on any atom is 0.253 e. The van der Waals surface area contributed by atoms with E-state index >= 15 is 0 Å². The molecule has 0 saturated heterocycles. The van der Waals surface area contributed by atoms with Crippen LogP contribution in [0.15, 0.2) is 42.5 Å². The second-order valence-corrected chi connectivity index (χ2v) is 8.83. The Morgan fingerprint density at radius 2 is 1.72 bits per heavy atom. The standard InChI is InChI=1S/C23H28Cl2N4O3/c1-5-23(2,3)28-22(32)16-11-10-15(12-18(16)25)26-13-21(31)29(4)14-20(30)27-19-9-7-6-8-17(19)24/h6-12,26H,5,13-14H2,1-4H3,(H,27,30)(H,28,32). The number of carbonyl (C=O) groups is 3. The van der Waals surface area contributed by atoms with Crippen LogP contribution in [0.5, 0.6) is 0 Å². The van der Waals surface area contributed by atoms with Gasteiger partial charge < -0.3 is 20.9 Å². The Hall–Kier alpha value is -2.77. The third kappa shape index (κ3) is 7.43. The zero-order valence-corrected chi connectivity index (χ0v) is 20.1. The predicted molar refractivity (Wildman–Crippen MR) is 129 cm³/mol. The van der Waals surface area contributed by atoms with Crippen molar-refractivity contribution in [3.63, 3.8) is 0 Å². The maximum absolute atomic E-state index is 12.4. The van der Waals surface area contributed by atoms with Gasteiger partial charge in [0.05, 0.1) is 34.4 Å². The van der Waals surface area contributed by atoms with Gasteiger partial charge in [-0.3, -0.25) is 14.4 Å². The molecule has 0 aliphatic rings. The second-order valence-electron chi connectivity index (χ2n) is 8.02. The van der Waals surface area contributed by atoms with Crippen LogP contribution in [0.4, 0.5) is 11.4 Å². The molecule has 0 fully saturated rings. The number of hydrogen-bond donors (Lipinski definition) is 3. The monoisotopic (exact) mass is 478 g/mol. The van der Waals surface area contributed by atoms with E-state index in [4.69, 9.17) is 23.2 Å². The van der Waals surface area contributed by atoms with Crippen LogP contribution in [0.2, 0.25) is 10.0 Å². The molecule has 2 aromatic rings. The summed E-state index contributed by atoms with van der Waals surface area (Å²) < 4.78 is 0. The minimum Gasteiger partial charge on any atom is -0.376 e. The Balaban J connectivity index is 1.89. The highest BCUT2D eigenvalue weighted by Gasteiger charge is 2.21. The summed E-state index contributed by atoms with van der Waals surface area (Å²) in [5.41, 5.74) is 1.09. The third-order valence-corrected chi connectivity index (χ3v) is 5.59. The maximum atomic E-state index is 12.4. The Kier molecular flexibility index (Phi) is 8.92. The Morgan fingerprint density at radius 1 is 1.03 bits per heavy atom. The first-order valence-electron chi connectivity index (χ1n) is 10.2. The molecule has 0 unspecified atom stereocenters. The first kappa shape index (κ1) is 25.5. The summed E-state index contributed by atoms with van der Waals surface area (Å²) in [4.78, 5) is 38.3. The second kappa shape index (κ2) is 11.2. The number of nitrogens with one attached hydrogen (secondary N) is 3. The minimum absolute atomic E-state index is 0.0411. The molecule has 7 nitrogen and oxygen atoms in total. The van der Waals surface area contributed by atoms with Crippen molar-refractivity contribution in [2.24, 2.45) is 0 Å². The zero-order valence-electron chi connectivity index (χ0n) is 18.6. The summed E-state index contributed by atoms with van der Waals surface area (Å²) in [6.45, 7) is 5.69. The van der Waals surface area contributed by atoms with Crippen LogP contribution < -0.4 is 16.0 Å². The number of amides is 3. The van der Waals surface area contributed by atoms with E-state index in [1.165, 1.54) is 11.9 Å². The van der Waals surface area contributed by atoms with E-state index in [0.717, 1.165) is 6.42 Å². The Bertz CT molecular complexity index is 995. The van der Waals surface area contributed by atoms with Crippen LogP contribution in [0.25, 0.3) is 0 Å². The molecule has 3 amide bonds. The molecule has 9 heteroatoms. The minimum atomic E-state index is -0.359. The molecule has 0 radical (unpaired) electrons. The highest BCUT2D eigenvalue weighted by molar-refractivity contribution is 6.34. The number of carbonyl (C=O) groups excluding carboxylic acids is 3. The molecule has 0 saturated carbocycles. The quantitative estimate of drug-likeness (QED) is 0.497. The fourth-order valence-corrected chi connectivity index (χ4v) is 3.09. The van der Waals surface area contributed by atoms with Crippen LogP contribution in [0.1, 0.15) is 37.6 Å². The van der Waals surface area contributed by atoms with Crippen LogP contribution >= 0.6 is 23.2 Å². The molecular weight excluding hydrogens is 451 g/mol. The van der Waals surface area contributed by atoms with E-state index in [1.54, 1.807) is 42.5 Å². The van der Waals surface area contributed by atoms with Crippen LogP contribution in [-0.4, -0.2) is 48.3 Å². The van der Waals surface area contributed by atoms with Crippen LogP contribution in [0.3, 0.4) is 0 Å². The number of anilines is 2. The lowest BCUT2D eigenvalue weighted by molar-refractivity contribution is -0.131. The van der Waals surface area contributed by atoms with Crippen molar-refractivity contribution < 1.29 is 14.4 Å². The highest BCUT2D eigenvalue weighted by atomic mass is 35.5. The fourth-order valence-electron chi connectivity index (χ4n) is 2.64. The first-order valence-corrected chi connectivity index (χ1v) is 10.9. The van der Waals surface area contributed by atoms with Crippen molar-refractivity contribution in [2.45, 2.75) is 32.7 Å². The summed E-state index contributed by atoms with van der Waals surface area (Å²) in [5, 5.41) is 9.27. The average Bonchev–Trinajstić information content (AvgIpc) is 2.73. The molecule has 0 atom stereocenters. The van der Waals surface area contributed by atoms with Crippen molar-refractivity contribution in [1.82, 2.24) is 10.2 Å². The van der Waals surface area contributed by atoms with E-state index < -0.39 is 0 Å². The lowest BCUT2D eigenvalue weighted by Gasteiger charge is -2.24. The molecule has 3 N–H and O–H groups in total. The molecule has 0 heterocycles. The number of likely N-dealkylation sites (N-methyl/N-ethyl adjacent to an activating group) is 1. The number of nitrogens with zero attached hydrogens (tertiary/aromatic N) is 1. The van der Waals surface area contributed by atoms with Crippen molar-refractivity contribution in [2.75, 3.05) is 30.8 Å². The number of hydrogen-bond acceptors (Lipinski definition) is 4. The van der Waals surface area contributed by atoms with Crippen LogP contribution in [-0.2, 0) is 9.59 Å². The number of benzene rings is 2. The summed E-state index contributed by atoms with van der Waals surface area (Å²) in [6.07, 6.45) is 0.780. The molecule has 0 bridgehead atoms. The Morgan fingerprint density at radius 3 is 2.34 bits per heavy atom. The van der Waals surface area contributed by atoms with Gasteiger partial charge in [0, 0.05) is 18.3 Å². The van der Waals surface area contributed by atoms with Crippen molar-refractivity contribution in [3.05, 3.63) is 58.1 Å².